The van der Waals surface area contributed by atoms with Crippen LogP contribution in [0, 0.1) is 55.2 Å². The third kappa shape index (κ3) is 15.0. The average molecular weight is 1930 g/mol. The molecule has 0 saturated heterocycles. The minimum Gasteiger partial charge on any atom is -0.303 e. The normalized spacial score (nSPS) is 27.4. The molecule has 14 aliphatic carbocycles. The van der Waals surface area contributed by atoms with Crippen molar-refractivity contribution in [1.82, 2.24) is 0 Å². The molecule has 0 bridgehead atoms. The topological polar surface area (TPSA) is 83.6 Å². The number of benzene rings is 10. The predicted molar refractivity (Wildman–Crippen MR) is 613 cm³/mol. The molecule has 5 spiro atoms. The molecule has 10 aromatic rings. The molecule has 14 aliphatic rings. The van der Waals surface area contributed by atoms with Crippen molar-refractivity contribution in [3.05, 3.63) is 324 Å². The van der Waals surface area contributed by atoms with Crippen molar-refractivity contribution in [2.45, 2.75) is 377 Å². The lowest BCUT2D eigenvalue weighted by atomic mass is 9.49. The summed E-state index contributed by atoms with van der Waals surface area (Å²) in [5.74, 6) is 0.902. The van der Waals surface area contributed by atoms with Gasteiger partial charge in [0.25, 0.3) is 0 Å². The minimum absolute atomic E-state index is 0.00173. The van der Waals surface area contributed by atoms with E-state index >= 15 is 0 Å². The SMILES string of the molecule is C(=NC1CCCCC1)C1CCC(C=NC2CCCCC2)C12c1ccccc1-c1ccccc12.C=CC1(CC)CCC(C=C)(CC)C12c1ccccc1-c1ccccc12.CCC1(C=NC2CCCCC2)CCC(C=NC2CCCCC2)(CC)C12c1ccccc1-c1ccccc12.CCC1(C=O)CCC(C=O)(CC)C12c1ccccc1-c1ccccc12.CCC1(CC)CCC(CC)(CC)C12c1ccccc1-c1ccccc12. The van der Waals surface area contributed by atoms with Crippen LogP contribution in [-0.2, 0) is 36.7 Å². The van der Waals surface area contributed by atoms with Crippen LogP contribution >= 0.6 is 0 Å². The van der Waals surface area contributed by atoms with Crippen LogP contribution in [0.5, 0.6) is 0 Å². The van der Waals surface area contributed by atoms with Gasteiger partial charge >= 0.3 is 0 Å². The van der Waals surface area contributed by atoms with Gasteiger partial charge in [-0.25, -0.2) is 0 Å². The third-order valence-electron chi connectivity index (χ3n) is 43.1. The molecule has 9 saturated carbocycles. The first-order valence-electron chi connectivity index (χ1n) is 58.4. The molecule has 0 aromatic heterocycles. The number of aldehydes is 2. The van der Waals surface area contributed by atoms with Crippen LogP contribution in [0.15, 0.2) is 288 Å². The van der Waals surface area contributed by atoms with E-state index in [0.717, 1.165) is 75.1 Å². The fourth-order valence-corrected chi connectivity index (χ4v) is 35.8. The zero-order valence-electron chi connectivity index (χ0n) is 90.0. The van der Waals surface area contributed by atoms with Crippen molar-refractivity contribution >= 4 is 37.4 Å². The van der Waals surface area contributed by atoms with Crippen LogP contribution < -0.4 is 0 Å². The number of carbonyl (C=O) groups is 2. The lowest BCUT2D eigenvalue weighted by molar-refractivity contribution is -0.124. The second-order valence-corrected chi connectivity index (χ2v) is 47.1. The van der Waals surface area contributed by atoms with Gasteiger partial charge in [-0.3, -0.25) is 20.0 Å². The van der Waals surface area contributed by atoms with Crippen molar-refractivity contribution in [1.29, 1.82) is 0 Å². The standard InChI is InChI=1S/C35H46N2.C31H38N2.C25H32.C25H28.C23H24O2/c1-3-33(25-36-27-15-7-5-8-16-27)23-24-34(4-2,26-37-28-17-9-6-10-18-28)35(33)31-21-13-11-19-29(31)30-20-12-14-22-32(30)35;1-3-11-25(12-4-1)32-21-23-19-20-24(22-33-26-13-5-2-6-14-26)31(23)29-17-9-7-15-27(29)28-16-8-10-18-30(28)31;2*1-5-23(6-2)17-18-24(7-3,8-4)25(23)21-15-11-9-13-19(21)20-14-10-12-16-22(20)25;1-3-21(15-24)13-14-22(4-2,16-25)23(21)19-11-7-5-9-17(19)18-10-6-8-12-20(18)23/h11-14,19-22,25-28H,3-10,15-18,23-24H2,1-2H3;7-10,15-18,21-26H,1-6,11-14,19-20H2;9-16H,5-8,17-18H2,1-4H3;5,7,9-16H,1,3,6,8,17-18H2,2,4H3;5-12,15-16H,3-4,13-14H2,1-2H3. The molecule has 6 nitrogen and oxygen atoms in total. The van der Waals surface area contributed by atoms with Gasteiger partial charge < -0.3 is 9.59 Å². The first-order valence-corrected chi connectivity index (χ1v) is 58.4. The number of fused-ring (bicyclic) bond motifs is 25. The molecular formula is C139H168N4O2. The van der Waals surface area contributed by atoms with Crippen molar-refractivity contribution < 1.29 is 9.59 Å². The maximum atomic E-state index is 12.5. The number of hydrogen-bond donors (Lipinski definition) is 0. The van der Waals surface area contributed by atoms with E-state index in [1.165, 1.54) is 294 Å². The summed E-state index contributed by atoms with van der Waals surface area (Å²) in [6, 6.07) is 92.7. The molecule has 8 atom stereocenters. The van der Waals surface area contributed by atoms with Gasteiger partial charge in [0.15, 0.2) is 0 Å². The van der Waals surface area contributed by atoms with Gasteiger partial charge in [0.2, 0.25) is 0 Å². The molecule has 10 aromatic carbocycles. The Morgan fingerprint density at radius 3 is 0.662 bits per heavy atom. The fraction of sp³-hybridized carbons (Fsp3) is 0.496. The number of rotatable bonds is 22. The average Bonchev–Trinajstić information content (AvgIpc) is 1.51. The van der Waals surface area contributed by atoms with Crippen LogP contribution in [-0.4, -0.2) is 61.6 Å². The maximum Gasteiger partial charge on any atom is 0.127 e. The monoisotopic (exact) mass is 1930 g/mol. The molecule has 9 fully saturated rings. The summed E-state index contributed by atoms with van der Waals surface area (Å²) in [6.07, 6.45) is 65.5. The first-order chi connectivity index (χ1) is 71.0. The Balaban J connectivity index is 0.000000112. The van der Waals surface area contributed by atoms with Gasteiger partial charge in [-0.05, 0) is 302 Å². The van der Waals surface area contributed by atoms with E-state index in [1.807, 2.05) is 24.3 Å². The van der Waals surface area contributed by atoms with Crippen molar-refractivity contribution in [2.75, 3.05) is 0 Å². The van der Waals surface area contributed by atoms with E-state index in [1.54, 1.807) is 11.1 Å². The zero-order chi connectivity index (χ0) is 101. The Morgan fingerprint density at radius 2 is 0.428 bits per heavy atom. The summed E-state index contributed by atoms with van der Waals surface area (Å²) in [5, 5.41) is 0. The third-order valence-corrected chi connectivity index (χ3v) is 43.1. The van der Waals surface area contributed by atoms with Gasteiger partial charge in [0, 0.05) is 120 Å². The summed E-state index contributed by atoms with van der Waals surface area (Å²) >= 11 is 0. The fourth-order valence-electron chi connectivity index (χ4n) is 35.8. The Kier molecular flexibility index (Phi) is 29.3. The molecule has 8 unspecified atom stereocenters. The summed E-state index contributed by atoms with van der Waals surface area (Å²) in [4.78, 5) is 46.5. The Labute approximate surface area is 872 Å². The van der Waals surface area contributed by atoms with E-state index in [4.69, 9.17) is 20.0 Å². The highest BCUT2D eigenvalue weighted by atomic mass is 16.1. The smallest absolute Gasteiger partial charge is 0.127 e. The van der Waals surface area contributed by atoms with Crippen LogP contribution in [0.4, 0.5) is 0 Å². The predicted octanol–water partition coefficient (Wildman–Crippen LogP) is 36.3. The van der Waals surface area contributed by atoms with Gasteiger partial charge in [-0.1, -0.05) is 401 Å². The highest BCUT2D eigenvalue weighted by Gasteiger charge is 2.74. The van der Waals surface area contributed by atoms with E-state index in [0.29, 0.717) is 46.8 Å². The minimum atomic E-state index is -0.555. The highest BCUT2D eigenvalue weighted by molar-refractivity contribution is 5.94. The van der Waals surface area contributed by atoms with E-state index in [-0.39, 0.29) is 43.3 Å². The summed E-state index contributed by atoms with van der Waals surface area (Å²) in [5.41, 5.74) is 27.8. The van der Waals surface area contributed by atoms with Crippen LogP contribution in [0.3, 0.4) is 0 Å². The molecule has 0 N–H and O–H groups in total. The van der Waals surface area contributed by atoms with Gasteiger partial charge in [0.1, 0.15) is 12.6 Å². The second-order valence-electron chi connectivity index (χ2n) is 47.1. The Bertz CT molecular complexity index is 5910. The molecule has 0 heterocycles. The molecule has 0 aliphatic heterocycles. The molecule has 0 radical (unpaired) electrons. The van der Waals surface area contributed by atoms with Crippen LogP contribution in [0.25, 0.3) is 55.6 Å². The van der Waals surface area contributed by atoms with Gasteiger partial charge in [-0.15, -0.1) is 13.2 Å². The zero-order valence-corrected chi connectivity index (χ0v) is 90.0. The van der Waals surface area contributed by atoms with E-state index in [2.05, 4.69) is 338 Å². The molecular weight excluding hydrogens is 1760 g/mol. The lowest BCUT2D eigenvalue weighted by Gasteiger charge is -2.54. The molecule has 6 heteroatoms. The highest BCUT2D eigenvalue weighted by Crippen LogP contribution is 2.79. The number of nitrogens with zero attached hydrogens (tertiary/aromatic N) is 4. The number of aliphatic imine (C=N–C) groups is 4. The number of carbonyl (C=O) groups excluding carboxylic acids is 2. The lowest BCUT2D eigenvalue weighted by Crippen LogP contribution is -2.53. The Hall–Kier alpha value is -10.3. The van der Waals surface area contributed by atoms with Crippen molar-refractivity contribution in [2.24, 2.45) is 75.1 Å². The summed E-state index contributed by atoms with van der Waals surface area (Å²) in [7, 11) is 0. The first kappa shape index (κ1) is 102. The largest absolute Gasteiger partial charge is 0.303 e. The van der Waals surface area contributed by atoms with Gasteiger partial charge in [0.05, 0.1) is 0 Å². The quantitative estimate of drug-likeness (QED) is 0.0385. The molecule has 0 amide bonds. The molecule has 756 valence electrons. The van der Waals surface area contributed by atoms with E-state index in [9.17, 15) is 9.59 Å². The Morgan fingerprint density at radius 1 is 0.228 bits per heavy atom. The van der Waals surface area contributed by atoms with E-state index < -0.39 is 16.2 Å². The second kappa shape index (κ2) is 41.7. The van der Waals surface area contributed by atoms with Crippen LogP contribution in [0.2, 0.25) is 0 Å². The van der Waals surface area contributed by atoms with Crippen molar-refractivity contribution in [3.8, 4) is 55.6 Å². The van der Waals surface area contributed by atoms with Crippen LogP contribution in [0.1, 0.15) is 382 Å². The molecule has 24 rings (SSSR count). The molecule has 145 heavy (non-hydrogen) atoms. The number of hydrogen-bond acceptors (Lipinski definition) is 6. The maximum absolute atomic E-state index is 12.5. The summed E-state index contributed by atoms with van der Waals surface area (Å²) < 4.78 is 0. The van der Waals surface area contributed by atoms with Crippen molar-refractivity contribution in [3.63, 3.8) is 0 Å². The van der Waals surface area contributed by atoms with Gasteiger partial charge in [-0.2, -0.15) is 0 Å². The summed E-state index contributed by atoms with van der Waals surface area (Å²) in [6.45, 7) is 32.2. The number of allylic oxidation sites excluding steroid dienone is 2.